The van der Waals surface area contributed by atoms with Crippen LogP contribution in [0.15, 0.2) is 35.5 Å². The van der Waals surface area contributed by atoms with E-state index in [-0.39, 0.29) is 12.3 Å². The largest absolute Gasteiger partial charge is 0.493 e. The molecular weight excluding hydrogens is 362 g/mol. The van der Waals surface area contributed by atoms with Crippen molar-refractivity contribution >= 4 is 29.5 Å². The summed E-state index contributed by atoms with van der Waals surface area (Å²) in [7, 11) is 3.15. The molecule has 1 aromatic carbocycles. The number of para-hydroxylation sites is 2. The smallest absolute Gasteiger partial charge is 0.407 e. The van der Waals surface area contributed by atoms with Gasteiger partial charge in [0.15, 0.2) is 5.75 Å². The van der Waals surface area contributed by atoms with Crippen molar-refractivity contribution in [2.75, 3.05) is 20.7 Å². The summed E-state index contributed by atoms with van der Waals surface area (Å²) in [5, 5.41) is 0. The Morgan fingerprint density at radius 1 is 1.29 bits per heavy atom. The SMILES string of the molecule is COc1ccccc1-n1c(C)c[n+]2c1N=C1C2C(=O)N(CC(C)=O)C(=O)N1C. The van der Waals surface area contributed by atoms with Gasteiger partial charge < -0.3 is 4.74 Å². The fourth-order valence-corrected chi connectivity index (χ4v) is 3.66. The summed E-state index contributed by atoms with van der Waals surface area (Å²) in [6.45, 7) is 3.00. The quantitative estimate of drug-likeness (QED) is 0.742. The number of amides is 3. The maximum atomic E-state index is 13.0. The molecule has 1 unspecified atom stereocenters. The number of amidine groups is 1. The number of imidazole rings is 1. The molecule has 2 aromatic rings. The molecule has 3 amide bonds. The van der Waals surface area contributed by atoms with Crippen molar-refractivity contribution in [3.63, 3.8) is 0 Å². The average Bonchev–Trinajstić information content (AvgIpc) is 3.17. The Balaban J connectivity index is 1.87. The summed E-state index contributed by atoms with van der Waals surface area (Å²) in [5.41, 5.74) is 1.63. The Kier molecular flexibility index (Phi) is 4.02. The first-order valence-electron chi connectivity index (χ1n) is 8.79. The highest BCUT2D eigenvalue weighted by atomic mass is 16.5. The van der Waals surface area contributed by atoms with E-state index in [4.69, 9.17) is 4.74 Å². The number of ketones is 1. The van der Waals surface area contributed by atoms with E-state index in [0.717, 1.165) is 16.3 Å². The number of likely N-dealkylation sites (N-methyl/N-ethyl adjacent to an activating group) is 1. The van der Waals surface area contributed by atoms with Crippen molar-refractivity contribution in [2.24, 2.45) is 4.99 Å². The van der Waals surface area contributed by atoms with Gasteiger partial charge in [-0.3, -0.25) is 19.4 Å². The summed E-state index contributed by atoms with van der Waals surface area (Å²) < 4.78 is 9.08. The summed E-state index contributed by atoms with van der Waals surface area (Å²) in [6.07, 6.45) is 1.82. The number of aryl methyl sites for hydroxylation is 1. The van der Waals surface area contributed by atoms with E-state index in [0.29, 0.717) is 17.5 Å². The number of methoxy groups -OCH3 is 1. The van der Waals surface area contributed by atoms with E-state index < -0.39 is 18.0 Å². The molecule has 1 aromatic heterocycles. The Morgan fingerprint density at radius 2 is 2.00 bits per heavy atom. The third kappa shape index (κ3) is 2.43. The first kappa shape index (κ1) is 17.9. The molecule has 4 rings (SSSR count). The standard InChI is InChI=1S/C19H20N5O4/c1-11-9-22-15-16(21(3)19(27)23(17(15)26)10-12(2)25)20-18(22)24(11)13-7-5-6-8-14(13)28-4/h5-9,15H,10H2,1-4H3/q+1. The van der Waals surface area contributed by atoms with Crippen LogP contribution in [0.25, 0.3) is 5.69 Å². The topological polar surface area (TPSA) is 88.1 Å². The number of hydrogen-bond acceptors (Lipinski definition) is 5. The number of fused-ring (bicyclic) bond motifs is 3. The van der Waals surface area contributed by atoms with Crippen LogP contribution in [0.3, 0.4) is 0 Å². The molecule has 0 N–H and O–H groups in total. The number of hydrogen-bond donors (Lipinski definition) is 0. The van der Waals surface area contributed by atoms with Gasteiger partial charge in [0.1, 0.15) is 23.4 Å². The molecule has 28 heavy (non-hydrogen) atoms. The third-order valence-corrected chi connectivity index (χ3v) is 4.92. The van der Waals surface area contributed by atoms with E-state index in [9.17, 15) is 14.4 Å². The number of ether oxygens (including phenoxy) is 1. The minimum absolute atomic E-state index is 0.256. The van der Waals surface area contributed by atoms with E-state index in [1.54, 1.807) is 18.7 Å². The van der Waals surface area contributed by atoms with Crippen molar-refractivity contribution in [1.29, 1.82) is 0 Å². The molecule has 0 aliphatic carbocycles. The van der Waals surface area contributed by atoms with Crippen LogP contribution in [-0.4, -0.2) is 58.6 Å². The van der Waals surface area contributed by atoms with Crippen LogP contribution in [0, 0.1) is 6.92 Å². The van der Waals surface area contributed by atoms with E-state index >= 15 is 0 Å². The fraction of sp³-hybridized carbons (Fsp3) is 0.316. The second kappa shape index (κ2) is 6.29. The van der Waals surface area contributed by atoms with E-state index in [1.807, 2.05) is 42.0 Å². The van der Waals surface area contributed by atoms with Crippen LogP contribution in [0.1, 0.15) is 18.7 Å². The normalized spacial score (nSPS) is 18.1. The van der Waals surface area contributed by atoms with Gasteiger partial charge in [-0.2, -0.15) is 4.57 Å². The second-order valence-corrected chi connectivity index (χ2v) is 6.83. The van der Waals surface area contributed by atoms with Crippen LogP contribution in [0.2, 0.25) is 0 Å². The van der Waals surface area contributed by atoms with Crippen molar-refractivity contribution in [3.8, 4) is 11.4 Å². The van der Waals surface area contributed by atoms with E-state index in [1.165, 1.54) is 11.8 Å². The number of benzene rings is 1. The first-order chi connectivity index (χ1) is 13.3. The highest BCUT2D eigenvalue weighted by molar-refractivity contribution is 6.19. The molecule has 0 saturated carbocycles. The lowest BCUT2D eigenvalue weighted by atomic mass is 10.1. The second-order valence-electron chi connectivity index (χ2n) is 6.83. The number of Topliss-reactive ketones (excluding diaryl/α,β-unsaturated/α-hetero) is 1. The molecular formula is C19H20N5O4+. The zero-order valence-electron chi connectivity index (χ0n) is 16.0. The molecule has 144 valence electrons. The Hall–Kier alpha value is -3.49. The zero-order chi connectivity index (χ0) is 20.2. The Labute approximate surface area is 161 Å². The van der Waals surface area contributed by atoms with Gasteiger partial charge in [0.2, 0.25) is 11.9 Å². The minimum Gasteiger partial charge on any atom is -0.493 e. The van der Waals surface area contributed by atoms with Gasteiger partial charge in [0.25, 0.3) is 5.91 Å². The predicted octanol–water partition coefficient (Wildman–Crippen LogP) is 1.15. The maximum Gasteiger partial charge on any atom is 0.407 e. The molecule has 1 fully saturated rings. The minimum atomic E-state index is -0.785. The highest BCUT2D eigenvalue weighted by Gasteiger charge is 2.53. The molecule has 0 spiro atoms. The van der Waals surface area contributed by atoms with Crippen molar-refractivity contribution in [2.45, 2.75) is 19.9 Å². The van der Waals surface area contributed by atoms with Gasteiger partial charge in [-0.15, -0.1) is 0 Å². The van der Waals surface area contributed by atoms with Crippen LogP contribution < -0.4 is 9.30 Å². The first-order valence-corrected chi connectivity index (χ1v) is 8.79. The van der Waals surface area contributed by atoms with Crippen LogP contribution in [0.5, 0.6) is 5.75 Å². The number of carbonyl (C=O) groups excluding carboxylic acids is 3. The van der Waals surface area contributed by atoms with E-state index in [2.05, 4.69) is 4.99 Å². The molecule has 1 saturated heterocycles. The molecule has 0 bridgehead atoms. The van der Waals surface area contributed by atoms with Crippen molar-refractivity contribution < 1.29 is 23.7 Å². The van der Waals surface area contributed by atoms with Crippen LogP contribution >= 0.6 is 0 Å². The summed E-state index contributed by atoms with van der Waals surface area (Å²) >= 11 is 0. The molecule has 1 atom stereocenters. The predicted molar refractivity (Wildman–Crippen MR) is 98.9 cm³/mol. The molecule has 2 aliphatic heterocycles. The van der Waals surface area contributed by atoms with Gasteiger partial charge in [0.05, 0.1) is 13.7 Å². The summed E-state index contributed by atoms with van der Waals surface area (Å²) in [5.74, 6) is 0.793. The van der Waals surface area contributed by atoms with Gasteiger partial charge in [0, 0.05) is 7.05 Å². The molecule has 2 aliphatic rings. The zero-order valence-corrected chi connectivity index (χ0v) is 16.0. The van der Waals surface area contributed by atoms with Gasteiger partial charge in [-0.1, -0.05) is 17.1 Å². The molecule has 9 nitrogen and oxygen atoms in total. The number of carbonyl (C=O) groups is 3. The average molecular weight is 382 g/mol. The maximum absolute atomic E-state index is 13.0. The van der Waals surface area contributed by atoms with Gasteiger partial charge in [-0.25, -0.2) is 9.36 Å². The van der Waals surface area contributed by atoms with Crippen LogP contribution in [0.4, 0.5) is 10.7 Å². The van der Waals surface area contributed by atoms with Gasteiger partial charge in [-0.05, 0) is 26.0 Å². The Morgan fingerprint density at radius 3 is 2.68 bits per heavy atom. The van der Waals surface area contributed by atoms with Crippen LogP contribution in [-0.2, 0) is 9.59 Å². The molecule has 0 radical (unpaired) electrons. The van der Waals surface area contributed by atoms with Crippen molar-refractivity contribution in [3.05, 3.63) is 36.2 Å². The number of imide groups is 1. The fourth-order valence-electron chi connectivity index (χ4n) is 3.66. The number of aliphatic imine (C=N–C) groups is 1. The van der Waals surface area contributed by atoms with Crippen molar-refractivity contribution in [1.82, 2.24) is 14.4 Å². The third-order valence-electron chi connectivity index (χ3n) is 4.92. The Bertz CT molecular complexity index is 1050. The lowest BCUT2D eigenvalue weighted by Crippen LogP contribution is -2.63. The lowest BCUT2D eigenvalue weighted by molar-refractivity contribution is -0.676. The number of rotatable bonds is 4. The number of urea groups is 1. The lowest BCUT2D eigenvalue weighted by Gasteiger charge is -2.32. The highest BCUT2D eigenvalue weighted by Crippen LogP contribution is 2.33. The number of aromatic nitrogens is 2. The summed E-state index contributed by atoms with van der Waals surface area (Å²) in [4.78, 5) is 44.0. The molecule has 9 heteroatoms. The number of nitrogens with zero attached hydrogens (tertiary/aromatic N) is 5. The summed E-state index contributed by atoms with van der Waals surface area (Å²) in [6, 6.07) is 6.16. The molecule has 3 heterocycles. The monoisotopic (exact) mass is 382 g/mol. The van der Waals surface area contributed by atoms with Gasteiger partial charge >= 0.3 is 12.0 Å².